The second-order valence-electron chi connectivity index (χ2n) is 7.97. The number of hydrogen-bond donors (Lipinski definition) is 2. The van der Waals surface area contributed by atoms with Gasteiger partial charge in [-0.05, 0) is 56.4 Å². The zero-order valence-electron chi connectivity index (χ0n) is 15.9. The first-order valence-electron chi connectivity index (χ1n) is 9.71. The molecule has 1 saturated heterocycles. The Labute approximate surface area is 158 Å². The number of rotatable bonds is 2. The molecule has 144 valence electrons. The van der Waals surface area contributed by atoms with Crippen molar-refractivity contribution in [2.75, 3.05) is 11.9 Å². The lowest BCUT2D eigenvalue weighted by atomic mass is 9.82. The summed E-state index contributed by atoms with van der Waals surface area (Å²) in [6, 6.07) is 4.92. The van der Waals surface area contributed by atoms with Crippen molar-refractivity contribution >= 4 is 22.7 Å². The van der Waals surface area contributed by atoms with Crippen molar-refractivity contribution in [1.82, 2.24) is 5.32 Å². The van der Waals surface area contributed by atoms with Crippen LogP contribution in [0, 0.1) is 13.8 Å². The van der Waals surface area contributed by atoms with Crippen LogP contribution in [-0.2, 0) is 4.74 Å². The van der Waals surface area contributed by atoms with Gasteiger partial charge in [-0.15, -0.1) is 0 Å². The molecule has 4 rings (SSSR count). The number of fused-ring (bicyclic) bond motifs is 1. The van der Waals surface area contributed by atoms with Gasteiger partial charge in [0, 0.05) is 17.1 Å². The maximum atomic E-state index is 12.5. The summed E-state index contributed by atoms with van der Waals surface area (Å²) in [6.07, 6.45) is 6.79. The molecule has 1 saturated carbocycles. The van der Waals surface area contributed by atoms with Crippen LogP contribution in [0.15, 0.2) is 27.4 Å². The van der Waals surface area contributed by atoms with Gasteiger partial charge in [0.2, 0.25) is 0 Å². The number of nitrogens with one attached hydrogen (secondary N) is 2. The van der Waals surface area contributed by atoms with Gasteiger partial charge in [-0.2, -0.15) is 0 Å². The third-order valence-corrected chi connectivity index (χ3v) is 5.85. The quantitative estimate of drug-likeness (QED) is 0.783. The molecule has 6 nitrogen and oxygen atoms in total. The van der Waals surface area contributed by atoms with Gasteiger partial charge in [-0.25, -0.2) is 9.59 Å². The van der Waals surface area contributed by atoms with Crippen molar-refractivity contribution in [2.24, 2.45) is 0 Å². The number of carbonyl (C=O) groups is 1. The second kappa shape index (κ2) is 7.00. The molecule has 1 aromatic heterocycles. The summed E-state index contributed by atoms with van der Waals surface area (Å²) >= 11 is 0. The fourth-order valence-corrected chi connectivity index (χ4v) is 4.43. The van der Waals surface area contributed by atoms with Gasteiger partial charge in [-0.1, -0.05) is 19.3 Å². The van der Waals surface area contributed by atoms with E-state index in [0.717, 1.165) is 35.8 Å². The summed E-state index contributed by atoms with van der Waals surface area (Å²) in [7, 11) is 0. The van der Waals surface area contributed by atoms with E-state index in [1.54, 1.807) is 6.07 Å². The molecule has 0 radical (unpaired) electrons. The number of urea groups is 1. The van der Waals surface area contributed by atoms with Crippen LogP contribution in [0.25, 0.3) is 11.0 Å². The molecule has 6 heteroatoms. The summed E-state index contributed by atoms with van der Waals surface area (Å²) in [5, 5.41) is 6.81. The monoisotopic (exact) mass is 370 g/mol. The smallest absolute Gasteiger partial charge is 0.336 e. The molecule has 1 aromatic carbocycles. The predicted octanol–water partition coefficient (Wildman–Crippen LogP) is 4.02. The highest BCUT2D eigenvalue weighted by atomic mass is 16.5. The van der Waals surface area contributed by atoms with Crippen molar-refractivity contribution < 1.29 is 13.9 Å². The number of hydrogen-bond acceptors (Lipinski definition) is 4. The molecule has 1 unspecified atom stereocenters. The summed E-state index contributed by atoms with van der Waals surface area (Å²) in [5.41, 5.74) is 2.53. The molecule has 2 fully saturated rings. The highest BCUT2D eigenvalue weighted by molar-refractivity contribution is 5.94. The summed E-state index contributed by atoms with van der Waals surface area (Å²) in [4.78, 5) is 24.1. The minimum atomic E-state index is -0.365. The molecule has 1 spiro atoms. The maximum Gasteiger partial charge on any atom is 0.336 e. The van der Waals surface area contributed by atoms with Crippen LogP contribution in [-0.4, -0.2) is 24.3 Å². The van der Waals surface area contributed by atoms with E-state index in [9.17, 15) is 9.59 Å². The Morgan fingerprint density at radius 2 is 1.89 bits per heavy atom. The molecule has 2 N–H and O–H groups in total. The number of ether oxygens (including phenoxy) is 1. The Balaban J connectivity index is 1.45. The summed E-state index contributed by atoms with van der Waals surface area (Å²) in [6.45, 7) is 4.32. The van der Waals surface area contributed by atoms with Gasteiger partial charge < -0.3 is 19.8 Å². The van der Waals surface area contributed by atoms with E-state index in [2.05, 4.69) is 10.6 Å². The van der Waals surface area contributed by atoms with Crippen molar-refractivity contribution in [3.63, 3.8) is 0 Å². The number of amides is 2. The fraction of sp³-hybridized carbons (Fsp3) is 0.524. The lowest BCUT2D eigenvalue weighted by Crippen LogP contribution is -2.39. The standard InChI is InChI=1S/C21H26N2O4/c1-13-9-19(24)27-18-8-14(2)17(10-16(13)18)23-20(25)22-15-11-21(26-12-15)6-4-3-5-7-21/h8-10,15H,3-7,11-12H2,1-2H3,(H2,22,23,25). The van der Waals surface area contributed by atoms with E-state index >= 15 is 0 Å². The first-order valence-corrected chi connectivity index (χ1v) is 9.71. The summed E-state index contributed by atoms with van der Waals surface area (Å²) < 4.78 is 11.3. The van der Waals surface area contributed by atoms with Gasteiger partial charge in [0.15, 0.2) is 0 Å². The molecular formula is C21H26N2O4. The highest BCUT2D eigenvalue weighted by Gasteiger charge is 2.41. The topological polar surface area (TPSA) is 80.6 Å². The minimum Gasteiger partial charge on any atom is -0.423 e. The third kappa shape index (κ3) is 3.72. The van der Waals surface area contributed by atoms with Gasteiger partial charge in [-0.3, -0.25) is 0 Å². The molecule has 1 atom stereocenters. The van der Waals surface area contributed by atoms with Crippen LogP contribution in [0.3, 0.4) is 0 Å². The predicted molar refractivity (Wildman–Crippen MR) is 104 cm³/mol. The zero-order chi connectivity index (χ0) is 19.0. The van der Waals surface area contributed by atoms with E-state index in [-0.39, 0.29) is 23.3 Å². The number of carbonyl (C=O) groups excluding carboxylic acids is 1. The molecule has 1 aliphatic carbocycles. The number of aryl methyl sites for hydroxylation is 2. The van der Waals surface area contributed by atoms with Crippen molar-refractivity contribution in [1.29, 1.82) is 0 Å². The van der Waals surface area contributed by atoms with Crippen LogP contribution < -0.4 is 16.3 Å². The van der Waals surface area contributed by atoms with Gasteiger partial charge in [0.05, 0.1) is 18.2 Å². The maximum absolute atomic E-state index is 12.5. The Hall–Kier alpha value is -2.34. The Bertz CT molecular complexity index is 928. The molecule has 0 bridgehead atoms. The number of benzene rings is 1. The number of anilines is 1. The minimum absolute atomic E-state index is 0.0241. The van der Waals surface area contributed by atoms with E-state index in [1.165, 1.54) is 25.3 Å². The SMILES string of the molecule is Cc1cc2oc(=O)cc(C)c2cc1NC(=O)NC1COC2(CCCCC2)C1. The fourth-order valence-electron chi connectivity index (χ4n) is 4.43. The molecule has 1 aliphatic heterocycles. The van der Waals surface area contributed by atoms with Crippen LogP contribution in [0.4, 0.5) is 10.5 Å². The summed E-state index contributed by atoms with van der Waals surface area (Å²) in [5.74, 6) is 0. The van der Waals surface area contributed by atoms with Gasteiger partial charge in [0.1, 0.15) is 5.58 Å². The Kier molecular flexibility index (Phi) is 4.68. The molecule has 2 aliphatic rings. The molecule has 2 heterocycles. The lowest BCUT2D eigenvalue weighted by Gasteiger charge is -2.32. The lowest BCUT2D eigenvalue weighted by molar-refractivity contribution is -0.0245. The van der Waals surface area contributed by atoms with Crippen molar-refractivity contribution in [3.05, 3.63) is 39.7 Å². The molecule has 27 heavy (non-hydrogen) atoms. The average molecular weight is 370 g/mol. The largest absolute Gasteiger partial charge is 0.423 e. The van der Waals surface area contributed by atoms with Crippen molar-refractivity contribution in [3.8, 4) is 0 Å². The molecule has 2 amide bonds. The van der Waals surface area contributed by atoms with Gasteiger partial charge >= 0.3 is 11.7 Å². The van der Waals surface area contributed by atoms with E-state index in [1.807, 2.05) is 19.9 Å². The third-order valence-electron chi connectivity index (χ3n) is 5.85. The highest BCUT2D eigenvalue weighted by Crippen LogP contribution is 2.39. The Morgan fingerprint density at radius 1 is 1.11 bits per heavy atom. The normalized spacial score (nSPS) is 21.5. The van der Waals surface area contributed by atoms with Gasteiger partial charge in [0.25, 0.3) is 0 Å². The van der Waals surface area contributed by atoms with Crippen LogP contribution in [0.5, 0.6) is 0 Å². The molecular weight excluding hydrogens is 344 g/mol. The first kappa shape index (κ1) is 18.0. The first-order chi connectivity index (χ1) is 12.9. The van der Waals surface area contributed by atoms with Crippen LogP contribution >= 0.6 is 0 Å². The van der Waals surface area contributed by atoms with E-state index in [0.29, 0.717) is 17.9 Å². The van der Waals surface area contributed by atoms with Crippen molar-refractivity contribution in [2.45, 2.75) is 64.0 Å². The van der Waals surface area contributed by atoms with Crippen LogP contribution in [0.1, 0.15) is 49.7 Å². The zero-order valence-corrected chi connectivity index (χ0v) is 15.9. The Morgan fingerprint density at radius 3 is 2.67 bits per heavy atom. The second-order valence-corrected chi connectivity index (χ2v) is 7.97. The van der Waals surface area contributed by atoms with E-state index < -0.39 is 0 Å². The molecule has 2 aromatic rings. The van der Waals surface area contributed by atoms with Crippen LogP contribution in [0.2, 0.25) is 0 Å². The average Bonchev–Trinajstić information content (AvgIpc) is 2.98. The van der Waals surface area contributed by atoms with E-state index in [4.69, 9.17) is 9.15 Å².